The maximum Gasteiger partial charge on any atom is 0.164 e. The maximum atomic E-state index is 5.04. The summed E-state index contributed by atoms with van der Waals surface area (Å²) in [5.74, 6) is 1.96. The molecule has 0 radical (unpaired) electrons. The monoisotopic (exact) mass is 587 g/mol. The molecule has 9 aromatic rings. The van der Waals surface area contributed by atoms with E-state index in [0.29, 0.717) is 17.5 Å². The molecule has 0 bridgehead atoms. The van der Waals surface area contributed by atoms with Crippen LogP contribution in [-0.2, 0) is 0 Å². The summed E-state index contributed by atoms with van der Waals surface area (Å²) in [6, 6.07) is 46.0. The first-order valence-corrected chi connectivity index (χ1v) is 15.2. The van der Waals surface area contributed by atoms with Crippen molar-refractivity contribution in [2.24, 2.45) is 0 Å². The highest BCUT2D eigenvalue weighted by Crippen LogP contribution is 2.42. The molecule has 0 aliphatic rings. The van der Waals surface area contributed by atoms with Crippen molar-refractivity contribution < 1.29 is 0 Å². The van der Waals surface area contributed by atoms with Crippen molar-refractivity contribution in [2.75, 3.05) is 0 Å². The summed E-state index contributed by atoms with van der Waals surface area (Å²) in [6.07, 6.45) is 5.55. The third kappa shape index (κ3) is 4.37. The van der Waals surface area contributed by atoms with Gasteiger partial charge >= 0.3 is 0 Å². The van der Waals surface area contributed by atoms with Crippen molar-refractivity contribution in [1.29, 1.82) is 0 Å². The Morgan fingerprint density at radius 3 is 1.50 bits per heavy atom. The van der Waals surface area contributed by atoms with Gasteiger partial charge < -0.3 is 0 Å². The Balaban J connectivity index is 1.24. The van der Waals surface area contributed by atoms with Crippen LogP contribution in [0.4, 0.5) is 0 Å². The van der Waals surface area contributed by atoms with Crippen molar-refractivity contribution >= 4 is 32.3 Å². The van der Waals surface area contributed by atoms with Crippen LogP contribution in [0.5, 0.6) is 0 Å². The van der Waals surface area contributed by atoms with Gasteiger partial charge in [0.05, 0.1) is 5.69 Å². The summed E-state index contributed by atoms with van der Waals surface area (Å²) in [5, 5.41) is 7.06. The number of hydrogen-bond donors (Lipinski definition) is 0. The number of rotatable bonds is 5. The van der Waals surface area contributed by atoms with Crippen molar-refractivity contribution in [2.45, 2.75) is 0 Å². The van der Waals surface area contributed by atoms with Gasteiger partial charge in [-0.2, -0.15) is 0 Å². The molecule has 3 heterocycles. The topological polar surface area (TPSA) is 64.5 Å². The van der Waals surface area contributed by atoms with Crippen molar-refractivity contribution in [3.8, 4) is 56.5 Å². The lowest BCUT2D eigenvalue weighted by Crippen LogP contribution is -2.00. The molecule has 6 aromatic carbocycles. The van der Waals surface area contributed by atoms with Gasteiger partial charge in [0.25, 0.3) is 0 Å². The summed E-state index contributed by atoms with van der Waals surface area (Å²) >= 11 is 0. The van der Waals surface area contributed by atoms with Crippen LogP contribution in [0, 0.1) is 0 Å². The fourth-order valence-corrected chi connectivity index (χ4v) is 6.42. The highest BCUT2D eigenvalue weighted by Gasteiger charge is 2.18. The van der Waals surface area contributed by atoms with Crippen molar-refractivity contribution in [3.63, 3.8) is 0 Å². The van der Waals surface area contributed by atoms with Gasteiger partial charge in [0.15, 0.2) is 17.5 Å². The zero-order chi connectivity index (χ0) is 30.5. The predicted molar refractivity (Wildman–Crippen MR) is 186 cm³/mol. The second kappa shape index (κ2) is 10.7. The van der Waals surface area contributed by atoms with E-state index in [1.54, 1.807) is 12.4 Å². The molecule has 0 saturated carbocycles. The molecule has 0 fully saturated rings. The summed E-state index contributed by atoms with van der Waals surface area (Å²) in [5.41, 5.74) is 7.09. The first-order valence-electron chi connectivity index (χ1n) is 15.2. The third-order valence-electron chi connectivity index (χ3n) is 8.66. The van der Waals surface area contributed by atoms with Crippen LogP contribution >= 0.6 is 0 Å². The van der Waals surface area contributed by atoms with Crippen LogP contribution in [0.15, 0.2) is 152 Å². The lowest BCUT2D eigenvalue weighted by atomic mass is 9.89. The van der Waals surface area contributed by atoms with Crippen LogP contribution < -0.4 is 0 Å². The zero-order valence-corrected chi connectivity index (χ0v) is 24.7. The third-order valence-corrected chi connectivity index (χ3v) is 8.66. The molecular formula is C41H25N5. The molecule has 0 spiro atoms. The van der Waals surface area contributed by atoms with Crippen molar-refractivity contribution in [3.05, 3.63) is 152 Å². The van der Waals surface area contributed by atoms with E-state index in [-0.39, 0.29) is 0 Å². The summed E-state index contributed by atoms with van der Waals surface area (Å²) in [7, 11) is 0. The fraction of sp³-hybridized carbons (Fsp3) is 0. The molecule has 0 amide bonds. The van der Waals surface area contributed by atoms with E-state index in [1.807, 2.05) is 79.0 Å². The molecule has 0 aliphatic heterocycles. The minimum absolute atomic E-state index is 0.652. The minimum atomic E-state index is 0.652. The van der Waals surface area contributed by atoms with E-state index >= 15 is 0 Å². The standard InChI is InChI=1S/C41H25N5/c1-3-7-29(8-4-1)39-44-40(30-9-5-2-6-10-30)46-41(45-39)35-19-14-28-12-17-33-32(16-11-27-13-18-34(35)38(28)37(27)33)36-20-15-31(25-43-36)26-21-23-42-24-22-26/h1-25H. The number of pyridine rings is 2. The Bertz CT molecular complexity index is 2440. The van der Waals surface area contributed by atoms with E-state index < -0.39 is 0 Å². The predicted octanol–water partition coefficient (Wildman–Crippen LogP) is 9.89. The highest BCUT2D eigenvalue weighted by atomic mass is 15.0. The smallest absolute Gasteiger partial charge is 0.164 e. The molecule has 3 aromatic heterocycles. The number of hydrogen-bond acceptors (Lipinski definition) is 5. The first kappa shape index (κ1) is 26.1. The average molecular weight is 588 g/mol. The number of aromatic nitrogens is 5. The van der Waals surface area contributed by atoms with Crippen molar-refractivity contribution in [1.82, 2.24) is 24.9 Å². The number of benzene rings is 6. The van der Waals surface area contributed by atoms with Crippen LogP contribution in [0.1, 0.15) is 0 Å². The van der Waals surface area contributed by atoms with Gasteiger partial charge in [-0.3, -0.25) is 9.97 Å². The van der Waals surface area contributed by atoms with Gasteiger partial charge in [0.1, 0.15) is 0 Å². The Morgan fingerprint density at radius 1 is 0.370 bits per heavy atom. The average Bonchev–Trinajstić information content (AvgIpc) is 3.14. The van der Waals surface area contributed by atoms with Gasteiger partial charge in [-0.05, 0) is 62.1 Å². The summed E-state index contributed by atoms with van der Waals surface area (Å²) < 4.78 is 0. The zero-order valence-electron chi connectivity index (χ0n) is 24.7. The van der Waals surface area contributed by atoms with E-state index in [2.05, 4.69) is 65.6 Å². The van der Waals surface area contributed by atoms with Gasteiger partial charge in [0, 0.05) is 46.4 Å². The van der Waals surface area contributed by atoms with Crippen LogP contribution in [0.25, 0.3) is 88.9 Å². The number of nitrogens with zero attached hydrogens (tertiary/aromatic N) is 5. The molecule has 9 rings (SSSR count). The largest absolute Gasteiger partial charge is 0.265 e. The van der Waals surface area contributed by atoms with Gasteiger partial charge in [-0.25, -0.2) is 15.0 Å². The summed E-state index contributed by atoms with van der Waals surface area (Å²) in [4.78, 5) is 24.0. The lowest BCUT2D eigenvalue weighted by molar-refractivity contribution is 1.08. The lowest BCUT2D eigenvalue weighted by Gasteiger charge is -2.16. The Kier molecular flexibility index (Phi) is 6.06. The molecule has 0 unspecified atom stereocenters. The maximum absolute atomic E-state index is 5.04. The quantitative estimate of drug-likeness (QED) is 0.188. The Morgan fingerprint density at radius 2 is 0.913 bits per heavy atom. The summed E-state index contributed by atoms with van der Waals surface area (Å²) in [6.45, 7) is 0. The minimum Gasteiger partial charge on any atom is -0.265 e. The molecule has 0 N–H and O–H groups in total. The molecule has 5 heteroatoms. The van der Waals surface area contributed by atoms with Crippen LogP contribution in [-0.4, -0.2) is 24.9 Å². The Labute approximate surface area is 265 Å². The molecule has 46 heavy (non-hydrogen) atoms. The molecule has 214 valence electrons. The first-order chi connectivity index (χ1) is 22.8. The Hall–Kier alpha value is -6.33. The van der Waals surface area contributed by atoms with Gasteiger partial charge in [-0.15, -0.1) is 0 Å². The molecule has 5 nitrogen and oxygen atoms in total. The molecule has 0 aliphatic carbocycles. The second-order valence-electron chi connectivity index (χ2n) is 11.4. The molecule has 0 atom stereocenters. The van der Waals surface area contributed by atoms with E-state index in [9.17, 15) is 0 Å². The van der Waals surface area contributed by atoms with E-state index in [4.69, 9.17) is 19.9 Å². The molecule has 0 saturated heterocycles. The second-order valence-corrected chi connectivity index (χ2v) is 11.4. The fourth-order valence-electron chi connectivity index (χ4n) is 6.42. The molecular weight excluding hydrogens is 562 g/mol. The van der Waals surface area contributed by atoms with Gasteiger partial charge in [0.2, 0.25) is 0 Å². The normalized spacial score (nSPS) is 11.5. The highest BCUT2D eigenvalue weighted by molar-refractivity contribution is 6.27. The van der Waals surface area contributed by atoms with Gasteiger partial charge in [-0.1, -0.05) is 109 Å². The van der Waals surface area contributed by atoms with Crippen LogP contribution in [0.2, 0.25) is 0 Å². The van der Waals surface area contributed by atoms with Crippen LogP contribution in [0.3, 0.4) is 0 Å². The van der Waals surface area contributed by atoms with E-state index in [1.165, 1.54) is 26.9 Å². The SMILES string of the molecule is c1ccc(-c2nc(-c3ccccc3)nc(-c3ccc4ccc5c(-c6ccc(-c7ccncc7)cn6)ccc6ccc3c4c65)n2)cc1. The van der Waals surface area contributed by atoms with E-state index in [0.717, 1.165) is 44.5 Å².